The molecule has 7 heteroatoms. The first-order valence-corrected chi connectivity index (χ1v) is 12.9. The van der Waals surface area contributed by atoms with E-state index in [9.17, 15) is 18.0 Å². The van der Waals surface area contributed by atoms with Crippen LogP contribution < -0.4 is 5.32 Å². The number of rotatable bonds is 6. The minimum atomic E-state index is -0.556. The largest absolute Gasteiger partial charge is 0.379 e. The SMILES string of the molecule is O=C(NC(c1ccc(F)cc1)c1ccc(F)cc1)C1CCC(N2CCOCC2)CC1c1ccc(F)cc1. The van der Waals surface area contributed by atoms with E-state index in [1.165, 1.54) is 36.4 Å². The average molecular weight is 509 g/mol. The van der Waals surface area contributed by atoms with Crippen molar-refractivity contribution in [3.05, 3.63) is 107 Å². The molecule has 1 aliphatic heterocycles. The fraction of sp³-hybridized carbons (Fsp3) is 0.367. The monoisotopic (exact) mass is 508 g/mol. The van der Waals surface area contributed by atoms with Crippen LogP contribution in [0.15, 0.2) is 72.8 Å². The molecule has 0 aromatic heterocycles. The molecule has 1 heterocycles. The van der Waals surface area contributed by atoms with Gasteiger partial charge in [0, 0.05) is 25.0 Å². The molecule has 1 aliphatic carbocycles. The predicted molar refractivity (Wildman–Crippen MR) is 135 cm³/mol. The lowest BCUT2D eigenvalue weighted by molar-refractivity contribution is -0.127. The van der Waals surface area contributed by atoms with Crippen LogP contribution in [0.4, 0.5) is 13.2 Å². The maximum atomic E-state index is 13.9. The second kappa shape index (κ2) is 11.5. The number of carbonyl (C=O) groups is 1. The highest BCUT2D eigenvalue weighted by atomic mass is 19.1. The van der Waals surface area contributed by atoms with Gasteiger partial charge in [0.15, 0.2) is 0 Å². The molecule has 1 N–H and O–H groups in total. The normalized spacial score (nSPS) is 22.6. The van der Waals surface area contributed by atoms with Crippen molar-refractivity contribution in [2.75, 3.05) is 26.3 Å². The summed E-state index contributed by atoms with van der Waals surface area (Å²) in [5, 5.41) is 3.17. The molecule has 4 nitrogen and oxygen atoms in total. The minimum Gasteiger partial charge on any atom is -0.379 e. The molecule has 0 spiro atoms. The molecular weight excluding hydrogens is 477 g/mol. The van der Waals surface area contributed by atoms with Crippen molar-refractivity contribution < 1.29 is 22.7 Å². The van der Waals surface area contributed by atoms with Crippen molar-refractivity contribution in [3.8, 4) is 0 Å². The number of ether oxygens (including phenoxy) is 1. The van der Waals surface area contributed by atoms with Gasteiger partial charge in [0.25, 0.3) is 0 Å². The minimum absolute atomic E-state index is 0.0794. The molecule has 1 saturated heterocycles. The highest BCUT2D eigenvalue weighted by Gasteiger charge is 2.39. The fourth-order valence-electron chi connectivity index (χ4n) is 5.73. The Morgan fingerprint density at radius 3 is 1.84 bits per heavy atom. The Bertz CT molecular complexity index is 1130. The molecule has 3 aromatic rings. The van der Waals surface area contributed by atoms with E-state index in [4.69, 9.17) is 4.74 Å². The Morgan fingerprint density at radius 1 is 0.784 bits per heavy atom. The molecular formula is C30H31F3N2O2. The standard InChI is InChI=1S/C30H31F3N2O2/c31-23-7-1-20(2-8-23)28-19-26(35-15-17-37-18-16-35)13-14-27(28)30(36)34-29(21-3-9-24(32)10-4-21)22-5-11-25(33)12-6-22/h1-12,26-29H,13-19H2,(H,34,36). The predicted octanol–water partition coefficient (Wildman–Crippen LogP) is 5.59. The van der Waals surface area contributed by atoms with Crippen LogP contribution >= 0.6 is 0 Å². The lowest BCUT2D eigenvalue weighted by atomic mass is 9.72. The van der Waals surface area contributed by atoms with Crippen molar-refractivity contribution in [1.82, 2.24) is 10.2 Å². The topological polar surface area (TPSA) is 41.6 Å². The van der Waals surface area contributed by atoms with Crippen molar-refractivity contribution in [1.29, 1.82) is 0 Å². The highest BCUT2D eigenvalue weighted by Crippen LogP contribution is 2.40. The van der Waals surface area contributed by atoms with E-state index in [2.05, 4.69) is 10.2 Å². The molecule has 1 amide bonds. The Hall–Kier alpha value is -3.16. The molecule has 2 aliphatic rings. The summed E-state index contributed by atoms with van der Waals surface area (Å²) in [5.41, 5.74) is 2.36. The summed E-state index contributed by atoms with van der Waals surface area (Å²) in [6.07, 6.45) is 2.37. The molecule has 0 radical (unpaired) electrons. The third-order valence-corrected chi connectivity index (χ3v) is 7.71. The van der Waals surface area contributed by atoms with Crippen LogP contribution in [0.2, 0.25) is 0 Å². The average Bonchev–Trinajstić information content (AvgIpc) is 2.93. The molecule has 3 aromatic carbocycles. The van der Waals surface area contributed by atoms with Crippen LogP contribution in [-0.2, 0) is 9.53 Å². The van der Waals surface area contributed by atoms with E-state index in [1.54, 1.807) is 36.4 Å². The van der Waals surface area contributed by atoms with Crippen LogP contribution in [0.3, 0.4) is 0 Å². The number of nitrogens with zero attached hydrogens (tertiary/aromatic N) is 1. The lowest BCUT2D eigenvalue weighted by Gasteiger charge is -2.42. The van der Waals surface area contributed by atoms with Gasteiger partial charge >= 0.3 is 0 Å². The quantitative estimate of drug-likeness (QED) is 0.472. The smallest absolute Gasteiger partial charge is 0.224 e. The maximum Gasteiger partial charge on any atom is 0.224 e. The summed E-state index contributed by atoms with van der Waals surface area (Å²) in [4.78, 5) is 16.3. The van der Waals surface area contributed by atoms with Gasteiger partial charge in [-0.15, -0.1) is 0 Å². The highest BCUT2D eigenvalue weighted by molar-refractivity contribution is 5.81. The lowest BCUT2D eigenvalue weighted by Crippen LogP contribution is -2.48. The number of nitrogens with one attached hydrogen (secondary N) is 1. The Morgan fingerprint density at radius 2 is 1.30 bits per heavy atom. The first kappa shape index (κ1) is 25.5. The third kappa shape index (κ3) is 6.05. The van der Waals surface area contributed by atoms with Crippen LogP contribution in [-0.4, -0.2) is 43.2 Å². The second-order valence-electron chi connectivity index (χ2n) is 9.92. The van der Waals surface area contributed by atoms with Gasteiger partial charge in [-0.05, 0) is 78.3 Å². The number of carbonyl (C=O) groups excluding carboxylic acids is 1. The van der Waals surface area contributed by atoms with Crippen molar-refractivity contribution in [3.63, 3.8) is 0 Å². The van der Waals surface area contributed by atoms with E-state index in [0.717, 1.165) is 31.5 Å². The van der Waals surface area contributed by atoms with Gasteiger partial charge in [-0.3, -0.25) is 9.69 Å². The van der Waals surface area contributed by atoms with Gasteiger partial charge in [0.05, 0.1) is 19.3 Å². The van der Waals surface area contributed by atoms with Crippen LogP contribution in [0, 0.1) is 23.4 Å². The van der Waals surface area contributed by atoms with E-state index in [1.807, 2.05) is 0 Å². The van der Waals surface area contributed by atoms with Crippen molar-refractivity contribution >= 4 is 5.91 Å². The van der Waals surface area contributed by atoms with Gasteiger partial charge in [0.1, 0.15) is 17.5 Å². The van der Waals surface area contributed by atoms with Gasteiger partial charge in [-0.1, -0.05) is 36.4 Å². The van der Waals surface area contributed by atoms with Crippen LogP contribution in [0.25, 0.3) is 0 Å². The molecule has 194 valence electrons. The fourth-order valence-corrected chi connectivity index (χ4v) is 5.73. The number of amides is 1. The molecule has 0 bridgehead atoms. The number of benzene rings is 3. The van der Waals surface area contributed by atoms with Crippen LogP contribution in [0.5, 0.6) is 0 Å². The van der Waals surface area contributed by atoms with Gasteiger partial charge in [0.2, 0.25) is 5.91 Å². The van der Waals surface area contributed by atoms with E-state index in [-0.39, 0.29) is 35.2 Å². The molecule has 5 rings (SSSR count). The Labute approximate surface area is 215 Å². The summed E-state index contributed by atoms with van der Waals surface area (Å²) in [6, 6.07) is 18.2. The molecule has 2 fully saturated rings. The Kier molecular flexibility index (Phi) is 7.91. The summed E-state index contributed by atoms with van der Waals surface area (Å²) in [5.74, 6) is -1.56. The van der Waals surface area contributed by atoms with Gasteiger partial charge in [-0.25, -0.2) is 13.2 Å². The van der Waals surface area contributed by atoms with E-state index in [0.29, 0.717) is 36.8 Å². The van der Waals surface area contributed by atoms with Gasteiger partial charge < -0.3 is 10.1 Å². The first-order valence-electron chi connectivity index (χ1n) is 12.9. The molecule has 37 heavy (non-hydrogen) atoms. The molecule has 1 saturated carbocycles. The number of hydrogen-bond acceptors (Lipinski definition) is 3. The van der Waals surface area contributed by atoms with Crippen molar-refractivity contribution in [2.45, 2.75) is 37.3 Å². The number of halogens is 3. The zero-order valence-electron chi connectivity index (χ0n) is 20.6. The molecule has 3 unspecified atom stereocenters. The first-order chi connectivity index (χ1) is 18.0. The summed E-state index contributed by atoms with van der Waals surface area (Å²) < 4.78 is 46.5. The number of morpholine rings is 1. The zero-order valence-corrected chi connectivity index (χ0v) is 20.6. The number of hydrogen-bond donors (Lipinski definition) is 1. The Balaban J connectivity index is 1.41. The summed E-state index contributed by atoms with van der Waals surface area (Å²) in [6.45, 7) is 3.15. The zero-order chi connectivity index (χ0) is 25.8. The third-order valence-electron chi connectivity index (χ3n) is 7.71. The molecule has 3 atom stereocenters. The second-order valence-corrected chi connectivity index (χ2v) is 9.92. The van der Waals surface area contributed by atoms with Crippen LogP contribution in [0.1, 0.15) is 47.9 Å². The summed E-state index contributed by atoms with van der Waals surface area (Å²) in [7, 11) is 0. The van der Waals surface area contributed by atoms with E-state index >= 15 is 0 Å². The summed E-state index contributed by atoms with van der Waals surface area (Å²) >= 11 is 0. The van der Waals surface area contributed by atoms with Crippen molar-refractivity contribution in [2.24, 2.45) is 5.92 Å². The van der Waals surface area contributed by atoms with E-state index < -0.39 is 6.04 Å². The maximum absolute atomic E-state index is 13.9. The van der Waals surface area contributed by atoms with Gasteiger partial charge in [-0.2, -0.15) is 0 Å².